The van der Waals surface area contributed by atoms with Gasteiger partial charge in [-0.05, 0) is 30.2 Å². The smallest absolute Gasteiger partial charge is 0.252 e. The highest BCUT2D eigenvalue weighted by atomic mass is 19.4. The number of rotatable bonds is 0. The maximum atomic E-state index is 12.4. The summed E-state index contributed by atoms with van der Waals surface area (Å²) in [6.07, 6.45) is 3.93. The SMILES string of the molecule is C#Cn1ccnc1C#Cc1ccc(C(F)(F)F)cc1. The van der Waals surface area contributed by atoms with Crippen LogP contribution in [0.4, 0.5) is 13.2 Å². The predicted molar refractivity (Wildman–Crippen MR) is 63.9 cm³/mol. The summed E-state index contributed by atoms with van der Waals surface area (Å²) in [6.45, 7) is 0. The van der Waals surface area contributed by atoms with E-state index in [1.54, 1.807) is 6.20 Å². The molecule has 19 heavy (non-hydrogen) atoms. The van der Waals surface area contributed by atoms with Gasteiger partial charge in [-0.25, -0.2) is 4.98 Å². The van der Waals surface area contributed by atoms with Crippen LogP contribution in [-0.2, 0) is 6.18 Å². The van der Waals surface area contributed by atoms with Gasteiger partial charge in [-0.3, -0.25) is 4.57 Å². The summed E-state index contributed by atoms with van der Waals surface area (Å²) < 4.78 is 38.5. The van der Waals surface area contributed by atoms with Crippen molar-refractivity contribution in [2.24, 2.45) is 0 Å². The van der Waals surface area contributed by atoms with E-state index in [0.29, 0.717) is 11.4 Å². The van der Waals surface area contributed by atoms with Gasteiger partial charge in [0.25, 0.3) is 0 Å². The molecule has 2 rings (SSSR count). The number of nitrogens with zero attached hydrogens (tertiary/aromatic N) is 2. The Labute approximate surface area is 107 Å². The lowest BCUT2D eigenvalue weighted by Crippen LogP contribution is -2.04. The van der Waals surface area contributed by atoms with Crippen molar-refractivity contribution in [3.05, 3.63) is 53.6 Å². The molecule has 0 amide bonds. The van der Waals surface area contributed by atoms with E-state index in [1.165, 1.54) is 22.9 Å². The van der Waals surface area contributed by atoms with E-state index in [1.807, 2.05) is 0 Å². The highest BCUT2D eigenvalue weighted by molar-refractivity contribution is 5.40. The van der Waals surface area contributed by atoms with Gasteiger partial charge in [-0.15, -0.1) is 0 Å². The van der Waals surface area contributed by atoms with E-state index < -0.39 is 11.7 Å². The molecule has 94 valence electrons. The van der Waals surface area contributed by atoms with E-state index in [9.17, 15) is 13.2 Å². The van der Waals surface area contributed by atoms with Crippen molar-refractivity contribution in [2.75, 3.05) is 0 Å². The van der Waals surface area contributed by atoms with Gasteiger partial charge >= 0.3 is 6.18 Å². The monoisotopic (exact) mass is 260 g/mol. The highest BCUT2D eigenvalue weighted by Crippen LogP contribution is 2.28. The second kappa shape index (κ2) is 4.91. The van der Waals surface area contributed by atoms with E-state index in [0.717, 1.165) is 12.1 Å². The van der Waals surface area contributed by atoms with Crippen LogP contribution >= 0.6 is 0 Å². The molecule has 0 spiro atoms. The van der Waals surface area contributed by atoms with Crippen LogP contribution in [0, 0.1) is 24.3 Å². The molecule has 2 nitrogen and oxygen atoms in total. The Hall–Kier alpha value is -2.66. The average Bonchev–Trinajstić information content (AvgIpc) is 2.83. The number of hydrogen-bond donors (Lipinski definition) is 0. The number of halogens is 3. The summed E-state index contributed by atoms with van der Waals surface area (Å²) in [5, 5.41) is 0. The average molecular weight is 260 g/mol. The number of aromatic nitrogens is 2. The summed E-state index contributed by atoms with van der Waals surface area (Å²) >= 11 is 0. The Morgan fingerprint density at radius 2 is 1.79 bits per heavy atom. The molecule has 0 bridgehead atoms. The molecule has 1 aromatic heterocycles. The molecule has 0 aliphatic carbocycles. The Bertz CT molecular complexity index is 676. The minimum atomic E-state index is -4.34. The van der Waals surface area contributed by atoms with Gasteiger partial charge in [0, 0.05) is 24.0 Å². The lowest BCUT2D eigenvalue weighted by molar-refractivity contribution is -0.137. The summed E-state index contributed by atoms with van der Waals surface area (Å²) in [7, 11) is 0. The van der Waals surface area contributed by atoms with Crippen molar-refractivity contribution in [1.82, 2.24) is 9.55 Å². The van der Waals surface area contributed by atoms with Crippen LogP contribution in [0.15, 0.2) is 36.7 Å². The topological polar surface area (TPSA) is 17.8 Å². The first-order valence-corrected chi connectivity index (χ1v) is 5.20. The van der Waals surface area contributed by atoms with E-state index >= 15 is 0 Å². The zero-order valence-electron chi connectivity index (χ0n) is 9.57. The molecule has 0 saturated carbocycles. The molecular weight excluding hydrogens is 253 g/mol. The fraction of sp³-hybridized carbons (Fsp3) is 0.0714. The summed E-state index contributed by atoms with van der Waals surface area (Å²) in [5.74, 6) is 5.76. The van der Waals surface area contributed by atoms with Crippen molar-refractivity contribution < 1.29 is 13.2 Å². The largest absolute Gasteiger partial charge is 0.416 e. The summed E-state index contributed by atoms with van der Waals surface area (Å²) in [5.41, 5.74) is -0.247. The summed E-state index contributed by atoms with van der Waals surface area (Å²) in [6, 6.07) is 6.92. The molecule has 0 fully saturated rings. The van der Waals surface area contributed by atoms with Crippen LogP contribution < -0.4 is 0 Å². The first-order chi connectivity index (χ1) is 9.00. The van der Waals surface area contributed by atoms with E-state index in [-0.39, 0.29) is 0 Å². The van der Waals surface area contributed by atoms with E-state index in [4.69, 9.17) is 6.42 Å². The van der Waals surface area contributed by atoms with E-state index in [2.05, 4.69) is 22.9 Å². The van der Waals surface area contributed by atoms with Crippen LogP contribution in [0.1, 0.15) is 17.0 Å². The number of benzene rings is 1. The molecule has 0 radical (unpaired) electrons. The van der Waals surface area contributed by atoms with Crippen molar-refractivity contribution >= 4 is 0 Å². The molecule has 1 aromatic carbocycles. The van der Waals surface area contributed by atoms with Crippen LogP contribution in [-0.4, -0.2) is 9.55 Å². The quantitative estimate of drug-likeness (QED) is 0.666. The zero-order chi connectivity index (χ0) is 13.9. The van der Waals surface area contributed by atoms with Gasteiger partial charge < -0.3 is 0 Å². The molecule has 0 unspecified atom stereocenters. The Balaban J connectivity index is 2.25. The lowest BCUT2D eigenvalue weighted by Gasteiger charge is -2.05. The van der Waals surface area contributed by atoms with Gasteiger partial charge in [0.15, 0.2) is 5.82 Å². The van der Waals surface area contributed by atoms with Crippen LogP contribution in [0.3, 0.4) is 0 Å². The van der Waals surface area contributed by atoms with Gasteiger partial charge in [0.2, 0.25) is 0 Å². The van der Waals surface area contributed by atoms with Crippen LogP contribution in [0.5, 0.6) is 0 Å². The summed E-state index contributed by atoms with van der Waals surface area (Å²) in [4.78, 5) is 3.93. The third kappa shape index (κ3) is 2.97. The van der Waals surface area contributed by atoms with Gasteiger partial charge in [0.05, 0.1) is 5.56 Å². The first kappa shape index (κ1) is 12.8. The maximum Gasteiger partial charge on any atom is 0.416 e. The number of hydrogen-bond acceptors (Lipinski definition) is 1. The Morgan fingerprint density at radius 1 is 1.11 bits per heavy atom. The lowest BCUT2D eigenvalue weighted by atomic mass is 10.1. The molecule has 0 saturated heterocycles. The molecule has 0 N–H and O–H groups in total. The minimum absolute atomic E-state index is 0.363. The van der Waals surface area contributed by atoms with Crippen molar-refractivity contribution in [3.63, 3.8) is 0 Å². The van der Waals surface area contributed by atoms with Crippen molar-refractivity contribution in [2.45, 2.75) is 6.18 Å². The molecule has 0 aliphatic heterocycles. The maximum absolute atomic E-state index is 12.4. The van der Waals surface area contributed by atoms with Crippen LogP contribution in [0.2, 0.25) is 0 Å². The fourth-order valence-electron chi connectivity index (χ4n) is 1.37. The predicted octanol–water partition coefficient (Wildman–Crippen LogP) is 2.74. The zero-order valence-corrected chi connectivity index (χ0v) is 9.57. The third-order valence-electron chi connectivity index (χ3n) is 2.31. The van der Waals surface area contributed by atoms with Gasteiger partial charge in [0.1, 0.15) is 0 Å². The second-order valence-electron chi connectivity index (χ2n) is 3.58. The first-order valence-electron chi connectivity index (χ1n) is 5.20. The van der Waals surface area contributed by atoms with Gasteiger partial charge in [-0.2, -0.15) is 13.2 Å². The van der Waals surface area contributed by atoms with Crippen LogP contribution in [0.25, 0.3) is 0 Å². The Kier molecular flexibility index (Phi) is 3.31. The second-order valence-corrected chi connectivity index (χ2v) is 3.58. The van der Waals surface area contributed by atoms with Crippen molar-refractivity contribution in [3.8, 4) is 24.3 Å². The normalized spacial score (nSPS) is 10.4. The minimum Gasteiger partial charge on any atom is -0.252 e. The van der Waals surface area contributed by atoms with Gasteiger partial charge in [-0.1, -0.05) is 12.3 Å². The standard InChI is InChI=1S/C14H7F3N2/c1-2-19-10-9-18-13(19)8-5-11-3-6-12(7-4-11)14(15,16)17/h1,3-4,6-7,9-10H. The number of imidazole rings is 1. The third-order valence-corrected chi connectivity index (χ3v) is 2.31. The molecule has 5 heteroatoms. The molecule has 2 aromatic rings. The van der Waals surface area contributed by atoms with Crippen molar-refractivity contribution in [1.29, 1.82) is 0 Å². The number of alkyl halides is 3. The number of terminal acetylenes is 1. The Morgan fingerprint density at radius 3 is 2.37 bits per heavy atom. The molecular formula is C14H7F3N2. The highest BCUT2D eigenvalue weighted by Gasteiger charge is 2.29. The molecule has 0 aliphatic rings. The fourth-order valence-corrected chi connectivity index (χ4v) is 1.37. The molecule has 0 atom stereocenters. The molecule has 1 heterocycles.